The van der Waals surface area contributed by atoms with Gasteiger partial charge in [-0.1, -0.05) is 127 Å². The molecular weight excluding hydrogens is 917 g/mol. The lowest BCUT2D eigenvalue weighted by Gasteiger charge is -2.22. The van der Waals surface area contributed by atoms with Crippen LogP contribution in [0.15, 0.2) is 212 Å². The summed E-state index contributed by atoms with van der Waals surface area (Å²) in [6.07, 6.45) is -10.4. The standard InChI is InChI=1S/C61H35F6N5/c62-60(63,64)47-20-11-21-48(61(65,66)67)59(47)41-34-57(71-53-26-9-7-18-42(53)44-32-39(28-30-55(44)71)51-24-12-22-49(69-51)37-14-3-1-4-15-37)46(36-68)58(35-41)72-54-27-10-8-19-43(54)45-33-40(29-31-56(45)72)52-25-13-23-50(70-52)38-16-5-2-6-17-38/h1-35H. The minimum atomic E-state index is -5.19. The van der Waals surface area contributed by atoms with Gasteiger partial charge in [0.1, 0.15) is 11.6 Å². The maximum Gasteiger partial charge on any atom is 0.417 e. The molecule has 11 heteroatoms. The number of halogens is 6. The Bertz CT molecular complexity index is 3890. The molecule has 8 aromatic carbocycles. The zero-order valence-corrected chi connectivity index (χ0v) is 37.7. The lowest BCUT2D eigenvalue weighted by atomic mass is 9.91. The third kappa shape index (κ3) is 7.43. The largest absolute Gasteiger partial charge is 0.417 e. The Morgan fingerprint density at radius 3 is 1.14 bits per heavy atom. The molecule has 0 aliphatic carbocycles. The number of nitriles is 1. The number of fused-ring (bicyclic) bond motifs is 6. The van der Waals surface area contributed by atoms with Crippen LogP contribution in [-0.2, 0) is 12.4 Å². The number of alkyl halides is 6. The maximum atomic E-state index is 15.2. The van der Waals surface area contributed by atoms with E-state index in [1.165, 1.54) is 12.1 Å². The molecule has 0 radical (unpaired) electrons. The molecule has 0 spiro atoms. The van der Waals surface area contributed by atoms with E-state index in [1.807, 2.05) is 170 Å². The Morgan fingerprint density at radius 2 is 0.722 bits per heavy atom. The van der Waals surface area contributed by atoms with E-state index >= 15 is 26.3 Å². The molecule has 5 nitrogen and oxygen atoms in total. The van der Waals surface area contributed by atoms with Crippen molar-refractivity contribution < 1.29 is 26.3 Å². The predicted molar refractivity (Wildman–Crippen MR) is 273 cm³/mol. The van der Waals surface area contributed by atoms with Crippen molar-refractivity contribution in [2.45, 2.75) is 12.4 Å². The molecule has 0 saturated carbocycles. The van der Waals surface area contributed by atoms with Gasteiger partial charge in [0.2, 0.25) is 0 Å². The fourth-order valence-electron chi connectivity index (χ4n) is 10.1. The summed E-state index contributed by atoms with van der Waals surface area (Å²) in [4.78, 5) is 9.97. The topological polar surface area (TPSA) is 59.4 Å². The van der Waals surface area contributed by atoms with Crippen LogP contribution in [-0.4, -0.2) is 19.1 Å². The van der Waals surface area contributed by atoms with Crippen molar-refractivity contribution in [3.8, 4) is 73.6 Å². The molecule has 0 unspecified atom stereocenters. The van der Waals surface area contributed by atoms with Crippen LogP contribution in [0.2, 0.25) is 0 Å². The SMILES string of the molecule is N#Cc1c(-n2c3ccccc3c3cc(-c4cccc(-c5ccccc5)n4)ccc32)cc(-c2c(C(F)(F)F)cccc2C(F)(F)F)cc1-n1c2ccccc2c2cc(-c3cccc(-c4ccccc4)n3)ccc21. The molecule has 12 aromatic rings. The highest BCUT2D eigenvalue weighted by molar-refractivity contribution is 6.12. The van der Waals surface area contributed by atoms with Crippen molar-refractivity contribution in [2.75, 3.05) is 0 Å². The molecular formula is C61H35F6N5. The molecule has 0 N–H and O–H groups in total. The van der Waals surface area contributed by atoms with E-state index in [4.69, 9.17) is 9.97 Å². The number of hydrogen-bond acceptors (Lipinski definition) is 3. The first-order valence-electron chi connectivity index (χ1n) is 22.9. The minimum absolute atomic E-state index is 0.0183. The van der Waals surface area contributed by atoms with Crippen molar-refractivity contribution in [3.05, 3.63) is 229 Å². The molecule has 0 aliphatic heterocycles. The number of pyridine rings is 2. The quantitative estimate of drug-likeness (QED) is 0.150. The molecule has 0 fully saturated rings. The minimum Gasteiger partial charge on any atom is -0.308 e. The number of aromatic nitrogens is 4. The van der Waals surface area contributed by atoms with Gasteiger partial charge in [-0.25, -0.2) is 9.97 Å². The highest BCUT2D eigenvalue weighted by Gasteiger charge is 2.41. The molecule has 0 bridgehead atoms. The number of benzene rings is 8. The van der Waals surface area contributed by atoms with E-state index in [-0.39, 0.29) is 22.5 Å². The summed E-state index contributed by atoms with van der Waals surface area (Å²) >= 11 is 0. The summed E-state index contributed by atoms with van der Waals surface area (Å²) in [6.45, 7) is 0. The Hall–Kier alpha value is -9.27. The van der Waals surface area contributed by atoms with Gasteiger partial charge >= 0.3 is 12.4 Å². The maximum absolute atomic E-state index is 15.2. The van der Waals surface area contributed by atoms with E-state index in [0.29, 0.717) is 45.6 Å². The van der Waals surface area contributed by atoms with Gasteiger partial charge in [0.05, 0.1) is 67.3 Å². The van der Waals surface area contributed by atoms with Gasteiger partial charge in [0.15, 0.2) is 0 Å². The van der Waals surface area contributed by atoms with Crippen LogP contribution in [0.1, 0.15) is 16.7 Å². The highest BCUT2D eigenvalue weighted by Crippen LogP contribution is 2.48. The Kier molecular flexibility index (Phi) is 10.4. The lowest BCUT2D eigenvalue weighted by Crippen LogP contribution is -2.15. The number of rotatable bonds is 7. The van der Waals surface area contributed by atoms with Crippen molar-refractivity contribution in [2.24, 2.45) is 0 Å². The van der Waals surface area contributed by atoms with Gasteiger partial charge < -0.3 is 9.13 Å². The summed E-state index contributed by atoms with van der Waals surface area (Å²) in [5.41, 5.74) is 4.46. The molecule has 0 amide bonds. The van der Waals surface area contributed by atoms with E-state index in [0.717, 1.165) is 61.3 Å². The average Bonchev–Trinajstić information content (AvgIpc) is 3.92. The zero-order valence-electron chi connectivity index (χ0n) is 37.7. The summed E-state index contributed by atoms with van der Waals surface area (Å²) in [5.74, 6) is 0. The van der Waals surface area contributed by atoms with Gasteiger partial charge in [0, 0.05) is 49.4 Å². The van der Waals surface area contributed by atoms with Crippen LogP contribution in [0.5, 0.6) is 0 Å². The monoisotopic (exact) mass is 951 g/mol. The van der Waals surface area contributed by atoms with Crippen molar-refractivity contribution in [3.63, 3.8) is 0 Å². The van der Waals surface area contributed by atoms with Gasteiger partial charge in [-0.05, 0) is 90.5 Å². The molecule has 0 aliphatic rings. The van der Waals surface area contributed by atoms with Gasteiger partial charge in [-0.2, -0.15) is 31.6 Å². The molecule has 0 saturated heterocycles. The molecule has 0 atom stereocenters. The fraction of sp³-hybridized carbons (Fsp3) is 0.0328. The van der Waals surface area contributed by atoms with Crippen LogP contribution in [0.25, 0.3) is 111 Å². The predicted octanol–water partition coefficient (Wildman–Crippen LogP) is 16.9. The Balaban J connectivity index is 1.14. The van der Waals surface area contributed by atoms with E-state index in [9.17, 15) is 5.26 Å². The fourth-order valence-corrected chi connectivity index (χ4v) is 10.1. The Labute approximate surface area is 407 Å². The second kappa shape index (κ2) is 17.0. The number of nitrogens with zero attached hydrogens (tertiary/aromatic N) is 5. The zero-order chi connectivity index (χ0) is 49.3. The van der Waals surface area contributed by atoms with E-state index in [2.05, 4.69) is 6.07 Å². The van der Waals surface area contributed by atoms with Crippen molar-refractivity contribution in [1.29, 1.82) is 5.26 Å². The Morgan fingerprint density at radius 1 is 0.347 bits per heavy atom. The summed E-state index contributed by atoms with van der Waals surface area (Å²) in [6, 6.07) is 64.2. The van der Waals surface area contributed by atoms with Gasteiger partial charge in [-0.3, -0.25) is 0 Å². The first-order valence-corrected chi connectivity index (χ1v) is 22.9. The third-order valence-electron chi connectivity index (χ3n) is 13.2. The van der Waals surface area contributed by atoms with E-state index < -0.39 is 29.0 Å². The normalized spacial score (nSPS) is 12.0. The van der Waals surface area contributed by atoms with Crippen LogP contribution < -0.4 is 0 Å². The van der Waals surface area contributed by atoms with Crippen molar-refractivity contribution >= 4 is 43.6 Å². The van der Waals surface area contributed by atoms with Crippen LogP contribution in [0, 0.1) is 11.3 Å². The summed E-state index contributed by atoms with van der Waals surface area (Å²) in [5, 5.41) is 14.4. The summed E-state index contributed by atoms with van der Waals surface area (Å²) < 4.78 is 94.6. The molecule has 4 aromatic heterocycles. The van der Waals surface area contributed by atoms with Gasteiger partial charge in [-0.15, -0.1) is 0 Å². The van der Waals surface area contributed by atoms with Gasteiger partial charge in [0.25, 0.3) is 0 Å². The molecule has 72 heavy (non-hydrogen) atoms. The number of para-hydroxylation sites is 2. The molecule has 4 heterocycles. The first-order chi connectivity index (χ1) is 34.9. The highest BCUT2D eigenvalue weighted by atomic mass is 19.4. The molecule has 12 rings (SSSR count). The smallest absolute Gasteiger partial charge is 0.308 e. The first kappa shape index (κ1) is 44.0. The summed E-state index contributed by atoms with van der Waals surface area (Å²) in [7, 11) is 0. The second-order valence-electron chi connectivity index (χ2n) is 17.4. The van der Waals surface area contributed by atoms with Crippen LogP contribution in [0.4, 0.5) is 26.3 Å². The van der Waals surface area contributed by atoms with Crippen LogP contribution >= 0.6 is 0 Å². The second-order valence-corrected chi connectivity index (χ2v) is 17.4. The van der Waals surface area contributed by atoms with E-state index in [1.54, 1.807) is 21.3 Å². The number of hydrogen-bond donors (Lipinski definition) is 0. The third-order valence-corrected chi connectivity index (χ3v) is 13.2. The van der Waals surface area contributed by atoms with Crippen molar-refractivity contribution in [1.82, 2.24) is 19.1 Å². The average molecular weight is 952 g/mol. The van der Waals surface area contributed by atoms with Crippen LogP contribution in [0.3, 0.4) is 0 Å². The molecule has 346 valence electrons. The lowest BCUT2D eigenvalue weighted by molar-refractivity contribution is -0.142.